The number of ether oxygens (including phenoxy) is 1. The van der Waals surface area contributed by atoms with Gasteiger partial charge in [0, 0.05) is 5.56 Å². The SMILES string of the molecule is CC(=O)c1ccc(OCC[C@@H]2CCCNC2)cc1. The number of ketones is 1. The van der Waals surface area contributed by atoms with Crippen molar-refractivity contribution in [1.82, 2.24) is 5.32 Å². The minimum atomic E-state index is 0.0924. The predicted molar refractivity (Wildman–Crippen MR) is 72.2 cm³/mol. The van der Waals surface area contributed by atoms with E-state index < -0.39 is 0 Å². The third-order valence-corrected chi connectivity index (χ3v) is 3.45. The van der Waals surface area contributed by atoms with Gasteiger partial charge >= 0.3 is 0 Å². The summed E-state index contributed by atoms with van der Waals surface area (Å²) >= 11 is 0. The Morgan fingerprint density at radius 3 is 2.78 bits per heavy atom. The molecule has 0 aliphatic carbocycles. The third kappa shape index (κ3) is 3.84. The van der Waals surface area contributed by atoms with Crippen LogP contribution < -0.4 is 10.1 Å². The zero-order valence-corrected chi connectivity index (χ0v) is 10.9. The van der Waals surface area contributed by atoms with Gasteiger partial charge in [-0.25, -0.2) is 0 Å². The Hall–Kier alpha value is -1.35. The molecule has 1 heterocycles. The van der Waals surface area contributed by atoms with Crippen LogP contribution in [0.4, 0.5) is 0 Å². The van der Waals surface area contributed by atoms with E-state index in [0.29, 0.717) is 0 Å². The van der Waals surface area contributed by atoms with Crippen LogP contribution in [0.1, 0.15) is 36.5 Å². The number of carbonyl (C=O) groups excluding carboxylic acids is 1. The molecule has 0 saturated carbocycles. The molecular formula is C15H21NO2. The summed E-state index contributed by atoms with van der Waals surface area (Å²) in [6.07, 6.45) is 3.68. The highest BCUT2D eigenvalue weighted by Gasteiger charge is 2.12. The van der Waals surface area contributed by atoms with Crippen LogP contribution in [0.2, 0.25) is 0 Å². The van der Waals surface area contributed by atoms with Crippen LogP contribution in [0.25, 0.3) is 0 Å². The molecule has 18 heavy (non-hydrogen) atoms. The van der Waals surface area contributed by atoms with Gasteiger partial charge in [-0.1, -0.05) is 0 Å². The van der Waals surface area contributed by atoms with Gasteiger partial charge in [-0.05, 0) is 69.5 Å². The van der Waals surface area contributed by atoms with Crippen LogP contribution in [0.5, 0.6) is 5.75 Å². The van der Waals surface area contributed by atoms with Crippen LogP contribution in [-0.4, -0.2) is 25.5 Å². The maximum atomic E-state index is 11.1. The lowest BCUT2D eigenvalue weighted by Gasteiger charge is -2.22. The van der Waals surface area contributed by atoms with Crippen molar-refractivity contribution in [3.05, 3.63) is 29.8 Å². The number of piperidine rings is 1. The molecule has 1 aromatic rings. The molecule has 2 rings (SSSR count). The molecule has 0 bridgehead atoms. The van der Waals surface area contributed by atoms with Gasteiger partial charge in [-0.3, -0.25) is 4.79 Å². The Kier molecular flexibility index (Phi) is 4.76. The maximum Gasteiger partial charge on any atom is 0.159 e. The summed E-state index contributed by atoms with van der Waals surface area (Å²) < 4.78 is 5.70. The molecule has 1 N–H and O–H groups in total. The minimum Gasteiger partial charge on any atom is -0.494 e. The number of Topliss-reactive ketones (excluding diaryl/α,β-unsaturated/α-hetero) is 1. The normalized spacial score (nSPS) is 19.5. The number of hydrogen-bond acceptors (Lipinski definition) is 3. The first kappa shape index (κ1) is 13.1. The molecule has 1 aliphatic rings. The van der Waals surface area contributed by atoms with E-state index in [0.717, 1.165) is 43.3 Å². The lowest BCUT2D eigenvalue weighted by atomic mass is 9.97. The summed E-state index contributed by atoms with van der Waals surface area (Å²) in [5, 5.41) is 3.41. The lowest BCUT2D eigenvalue weighted by molar-refractivity contribution is 0.101. The molecule has 1 saturated heterocycles. The van der Waals surface area contributed by atoms with E-state index in [9.17, 15) is 4.79 Å². The fourth-order valence-electron chi connectivity index (χ4n) is 2.30. The highest BCUT2D eigenvalue weighted by molar-refractivity contribution is 5.94. The highest BCUT2D eigenvalue weighted by Crippen LogP contribution is 2.16. The van der Waals surface area contributed by atoms with Crippen molar-refractivity contribution in [2.45, 2.75) is 26.2 Å². The summed E-state index contributed by atoms with van der Waals surface area (Å²) in [5.41, 5.74) is 0.735. The van der Waals surface area contributed by atoms with Crippen molar-refractivity contribution in [2.24, 2.45) is 5.92 Å². The van der Waals surface area contributed by atoms with Gasteiger partial charge in [0.25, 0.3) is 0 Å². The quantitative estimate of drug-likeness (QED) is 0.813. The standard InChI is InChI=1S/C15H21NO2/c1-12(17)14-4-6-15(7-5-14)18-10-8-13-3-2-9-16-11-13/h4-7,13,16H,2-3,8-11H2,1H3/t13-/m0/s1. The number of carbonyl (C=O) groups is 1. The predicted octanol–water partition coefficient (Wildman–Crippen LogP) is 2.66. The molecule has 1 aliphatic heterocycles. The van der Waals surface area contributed by atoms with E-state index in [4.69, 9.17) is 4.74 Å². The van der Waals surface area contributed by atoms with Crippen molar-refractivity contribution in [2.75, 3.05) is 19.7 Å². The summed E-state index contributed by atoms with van der Waals surface area (Å²) in [7, 11) is 0. The van der Waals surface area contributed by atoms with E-state index in [1.807, 2.05) is 24.3 Å². The second-order valence-electron chi connectivity index (χ2n) is 4.93. The average Bonchev–Trinajstić information content (AvgIpc) is 2.40. The van der Waals surface area contributed by atoms with Crippen molar-refractivity contribution < 1.29 is 9.53 Å². The van der Waals surface area contributed by atoms with Gasteiger partial charge in [-0.2, -0.15) is 0 Å². The van der Waals surface area contributed by atoms with Gasteiger partial charge in [0.05, 0.1) is 6.61 Å². The number of hydrogen-bond donors (Lipinski definition) is 1. The fourth-order valence-corrected chi connectivity index (χ4v) is 2.30. The van der Waals surface area contributed by atoms with Crippen LogP contribution in [0.15, 0.2) is 24.3 Å². The van der Waals surface area contributed by atoms with Crippen molar-refractivity contribution in [3.63, 3.8) is 0 Å². The Bertz CT molecular complexity index is 380. The lowest BCUT2D eigenvalue weighted by Crippen LogP contribution is -2.30. The largest absolute Gasteiger partial charge is 0.494 e. The van der Waals surface area contributed by atoms with Gasteiger partial charge in [0.15, 0.2) is 5.78 Å². The van der Waals surface area contributed by atoms with Crippen LogP contribution >= 0.6 is 0 Å². The first-order valence-corrected chi connectivity index (χ1v) is 6.70. The second-order valence-corrected chi connectivity index (χ2v) is 4.93. The molecule has 0 amide bonds. The molecular weight excluding hydrogens is 226 g/mol. The average molecular weight is 247 g/mol. The highest BCUT2D eigenvalue weighted by atomic mass is 16.5. The molecule has 0 unspecified atom stereocenters. The third-order valence-electron chi connectivity index (χ3n) is 3.45. The van der Waals surface area contributed by atoms with E-state index >= 15 is 0 Å². The minimum absolute atomic E-state index is 0.0924. The first-order chi connectivity index (χ1) is 8.75. The molecule has 0 aromatic heterocycles. The van der Waals surface area contributed by atoms with Crippen LogP contribution in [0, 0.1) is 5.92 Å². The van der Waals surface area contributed by atoms with Crippen molar-refractivity contribution >= 4 is 5.78 Å². The Balaban J connectivity index is 1.74. The zero-order valence-electron chi connectivity index (χ0n) is 10.9. The molecule has 3 heteroatoms. The molecule has 3 nitrogen and oxygen atoms in total. The monoisotopic (exact) mass is 247 g/mol. The van der Waals surface area contributed by atoms with E-state index in [-0.39, 0.29) is 5.78 Å². The van der Waals surface area contributed by atoms with E-state index in [2.05, 4.69) is 5.32 Å². The summed E-state index contributed by atoms with van der Waals surface area (Å²) in [4.78, 5) is 11.1. The van der Waals surface area contributed by atoms with E-state index in [1.165, 1.54) is 12.8 Å². The molecule has 0 spiro atoms. The van der Waals surface area contributed by atoms with Gasteiger partial charge in [0.1, 0.15) is 5.75 Å². The molecule has 1 aromatic carbocycles. The van der Waals surface area contributed by atoms with Gasteiger partial charge in [0.2, 0.25) is 0 Å². The maximum absolute atomic E-state index is 11.1. The Labute approximate surface area is 109 Å². The molecule has 1 fully saturated rings. The van der Waals surface area contributed by atoms with Gasteiger partial charge < -0.3 is 10.1 Å². The molecule has 98 valence electrons. The smallest absolute Gasteiger partial charge is 0.159 e. The zero-order chi connectivity index (χ0) is 12.8. The number of benzene rings is 1. The first-order valence-electron chi connectivity index (χ1n) is 6.70. The Morgan fingerprint density at radius 1 is 1.39 bits per heavy atom. The Morgan fingerprint density at radius 2 is 2.17 bits per heavy atom. The van der Waals surface area contributed by atoms with E-state index in [1.54, 1.807) is 6.92 Å². The number of rotatable bonds is 5. The number of nitrogens with one attached hydrogen (secondary N) is 1. The van der Waals surface area contributed by atoms with Gasteiger partial charge in [-0.15, -0.1) is 0 Å². The summed E-state index contributed by atoms with van der Waals surface area (Å²) in [6.45, 7) is 4.61. The van der Waals surface area contributed by atoms with Crippen molar-refractivity contribution in [1.29, 1.82) is 0 Å². The molecule has 1 atom stereocenters. The van der Waals surface area contributed by atoms with Crippen molar-refractivity contribution in [3.8, 4) is 5.75 Å². The second kappa shape index (κ2) is 6.55. The fraction of sp³-hybridized carbons (Fsp3) is 0.533. The van der Waals surface area contributed by atoms with Crippen LogP contribution in [0.3, 0.4) is 0 Å². The topological polar surface area (TPSA) is 38.3 Å². The summed E-state index contributed by atoms with van der Waals surface area (Å²) in [5.74, 6) is 1.69. The van der Waals surface area contributed by atoms with Crippen LogP contribution in [-0.2, 0) is 0 Å². The molecule has 0 radical (unpaired) electrons. The summed E-state index contributed by atoms with van der Waals surface area (Å²) in [6, 6.07) is 7.38.